The summed E-state index contributed by atoms with van der Waals surface area (Å²) < 4.78 is 23.6. The van der Waals surface area contributed by atoms with E-state index in [-0.39, 0.29) is 29.5 Å². The summed E-state index contributed by atoms with van der Waals surface area (Å²) in [5, 5.41) is 17.4. The van der Waals surface area contributed by atoms with Gasteiger partial charge in [-0.05, 0) is 95.0 Å². The lowest BCUT2D eigenvalue weighted by Gasteiger charge is -2.34. The van der Waals surface area contributed by atoms with Crippen molar-refractivity contribution in [1.29, 1.82) is 0 Å². The van der Waals surface area contributed by atoms with E-state index in [0.717, 1.165) is 68.8 Å². The number of hydrogen-bond donors (Lipinski definition) is 4. The number of amidine groups is 2. The molecule has 2 spiro atoms. The fourth-order valence-electron chi connectivity index (χ4n) is 8.03. The second kappa shape index (κ2) is 18.2. The van der Waals surface area contributed by atoms with E-state index in [2.05, 4.69) is 63.9 Å². The minimum absolute atomic E-state index is 0.0315. The minimum Gasteiger partial charge on any atom is -0.462 e. The third-order valence-corrected chi connectivity index (χ3v) is 11.6. The summed E-state index contributed by atoms with van der Waals surface area (Å²) in [5.41, 5.74) is 19.4. The predicted octanol–water partition coefficient (Wildman–Crippen LogP) is 8.91. The molecule has 0 saturated heterocycles. The van der Waals surface area contributed by atoms with Crippen molar-refractivity contribution >= 4 is 30.8 Å². The van der Waals surface area contributed by atoms with Crippen molar-refractivity contribution in [3.05, 3.63) is 155 Å². The molecule has 6 heterocycles. The van der Waals surface area contributed by atoms with Gasteiger partial charge in [-0.15, -0.1) is 0 Å². The number of allylic oxidation sites excluding steroid dienone is 1. The van der Waals surface area contributed by atoms with Crippen molar-refractivity contribution in [2.75, 3.05) is 13.2 Å². The normalized spacial score (nSPS) is 18.6. The van der Waals surface area contributed by atoms with Crippen LogP contribution in [0.1, 0.15) is 75.8 Å². The SMILES string of the molecule is CC(C)(C)/C=C/B(O)O.CC(C)(C)CCc1ccc2c(c1)C1(COC(N)=N1)c1cc(-c3cncnc3)ccc1O2.NC1=NC2(CO1)c1cc(Cl)ccc1Oc1ccc(-c3cncnc3)cc12. The predicted molar refractivity (Wildman–Crippen MR) is 256 cm³/mol. The van der Waals surface area contributed by atoms with Gasteiger partial charge in [-0.1, -0.05) is 83.4 Å². The zero-order valence-electron chi connectivity index (χ0n) is 37.7. The van der Waals surface area contributed by atoms with Crippen LogP contribution in [0, 0.1) is 10.8 Å². The Morgan fingerprint density at radius 3 is 1.47 bits per heavy atom. The van der Waals surface area contributed by atoms with E-state index in [1.165, 1.54) is 24.2 Å². The van der Waals surface area contributed by atoms with Gasteiger partial charge >= 0.3 is 7.12 Å². The van der Waals surface area contributed by atoms with Gasteiger partial charge in [0, 0.05) is 63.2 Å². The monoisotopic (exact) mass is 906 g/mol. The fraction of sp³-hybridized carbons (Fsp3) is 0.280. The van der Waals surface area contributed by atoms with Gasteiger partial charge in [0.25, 0.3) is 12.0 Å². The first-order valence-corrected chi connectivity index (χ1v) is 21.9. The number of rotatable bonds is 5. The number of hydrogen-bond acceptors (Lipinski definition) is 14. The molecule has 2 unspecified atom stereocenters. The average molecular weight is 907 g/mol. The van der Waals surface area contributed by atoms with Crippen LogP contribution in [0.3, 0.4) is 0 Å². The summed E-state index contributed by atoms with van der Waals surface area (Å²) >= 11 is 6.24. The van der Waals surface area contributed by atoms with Gasteiger partial charge in [-0.25, -0.2) is 29.9 Å². The van der Waals surface area contributed by atoms with Crippen molar-refractivity contribution in [3.63, 3.8) is 0 Å². The van der Waals surface area contributed by atoms with Crippen LogP contribution in [-0.4, -0.2) is 62.4 Å². The molecular formula is C50H52BClN8O6. The van der Waals surface area contributed by atoms with Crippen molar-refractivity contribution in [2.24, 2.45) is 32.3 Å². The highest BCUT2D eigenvalue weighted by atomic mass is 35.5. The molecule has 6 N–H and O–H groups in total. The third kappa shape index (κ3) is 9.88. The molecule has 4 aromatic carbocycles. The molecular weight excluding hydrogens is 855 g/mol. The Labute approximate surface area is 389 Å². The topological polar surface area (TPSA) is 206 Å². The summed E-state index contributed by atoms with van der Waals surface area (Å²) in [6.45, 7) is 13.4. The largest absolute Gasteiger partial charge is 0.480 e. The molecule has 16 heteroatoms. The van der Waals surface area contributed by atoms with Gasteiger partial charge < -0.3 is 40.5 Å². The number of aromatic nitrogens is 4. The summed E-state index contributed by atoms with van der Waals surface area (Å²) in [6.07, 6.45) is 14.0. The van der Waals surface area contributed by atoms with Gasteiger partial charge in [0.15, 0.2) is 11.1 Å². The summed E-state index contributed by atoms with van der Waals surface area (Å²) in [7, 11) is -1.32. The second-order valence-electron chi connectivity index (χ2n) is 18.7. The number of nitrogens with two attached hydrogens (primary N) is 2. The van der Waals surface area contributed by atoms with Crippen LogP contribution in [-0.2, 0) is 27.0 Å². The smallest absolute Gasteiger partial charge is 0.462 e. The van der Waals surface area contributed by atoms with E-state index < -0.39 is 18.2 Å². The number of aliphatic imine (C=N–C) groups is 2. The van der Waals surface area contributed by atoms with Crippen molar-refractivity contribution < 1.29 is 29.0 Å². The summed E-state index contributed by atoms with van der Waals surface area (Å²) in [4.78, 5) is 25.9. The molecule has 0 saturated carbocycles. The maximum Gasteiger partial charge on any atom is 0.480 e. The lowest BCUT2D eigenvalue weighted by molar-refractivity contribution is 0.264. The van der Waals surface area contributed by atoms with Crippen LogP contribution in [0.15, 0.2) is 132 Å². The molecule has 0 bridgehead atoms. The summed E-state index contributed by atoms with van der Waals surface area (Å²) in [6, 6.07) is 24.2. The Kier molecular flexibility index (Phi) is 12.6. The van der Waals surface area contributed by atoms with Gasteiger partial charge in [0.05, 0.1) is 0 Å². The van der Waals surface area contributed by atoms with Crippen molar-refractivity contribution in [3.8, 4) is 45.3 Å². The summed E-state index contributed by atoms with van der Waals surface area (Å²) in [5.74, 6) is 4.32. The van der Waals surface area contributed by atoms with Gasteiger partial charge in [0.2, 0.25) is 0 Å². The molecule has 338 valence electrons. The van der Waals surface area contributed by atoms with Crippen molar-refractivity contribution in [2.45, 2.75) is 65.5 Å². The molecule has 0 amide bonds. The van der Waals surface area contributed by atoms with Gasteiger partial charge in [0.1, 0.15) is 48.9 Å². The first-order valence-electron chi connectivity index (χ1n) is 21.5. The van der Waals surface area contributed by atoms with E-state index in [1.807, 2.05) is 69.3 Å². The Morgan fingerprint density at radius 1 is 0.621 bits per heavy atom. The molecule has 4 aliphatic heterocycles. The fourth-order valence-corrected chi connectivity index (χ4v) is 8.21. The maximum absolute atomic E-state index is 8.38. The van der Waals surface area contributed by atoms with Gasteiger partial charge in [-0.3, -0.25) is 0 Å². The number of ether oxygens (including phenoxy) is 4. The molecule has 2 atom stereocenters. The lowest BCUT2D eigenvalue weighted by Crippen LogP contribution is -2.31. The zero-order chi connectivity index (χ0) is 46.9. The third-order valence-electron chi connectivity index (χ3n) is 11.3. The van der Waals surface area contributed by atoms with Crippen LogP contribution in [0.2, 0.25) is 5.02 Å². The quantitative estimate of drug-likeness (QED) is 0.120. The highest BCUT2D eigenvalue weighted by Gasteiger charge is 2.48. The molecule has 0 radical (unpaired) electrons. The Balaban J connectivity index is 0.000000153. The molecule has 0 aliphatic carbocycles. The molecule has 4 aliphatic rings. The average Bonchev–Trinajstić information content (AvgIpc) is 3.89. The highest BCUT2D eigenvalue weighted by Crippen LogP contribution is 2.53. The maximum atomic E-state index is 8.38. The van der Waals surface area contributed by atoms with E-state index in [9.17, 15) is 0 Å². The highest BCUT2D eigenvalue weighted by molar-refractivity contribution is 6.47. The van der Waals surface area contributed by atoms with Crippen LogP contribution < -0.4 is 20.9 Å². The molecule has 0 fully saturated rings. The first kappa shape index (κ1) is 45.8. The van der Waals surface area contributed by atoms with E-state index >= 15 is 0 Å². The van der Waals surface area contributed by atoms with Crippen LogP contribution in [0.5, 0.6) is 23.0 Å². The number of halogens is 1. The number of nitrogens with zero attached hydrogens (tertiary/aromatic N) is 6. The molecule has 6 aromatic rings. The van der Waals surface area contributed by atoms with Crippen LogP contribution in [0.25, 0.3) is 22.3 Å². The first-order chi connectivity index (χ1) is 31.4. The molecule has 14 nitrogen and oxygen atoms in total. The van der Waals surface area contributed by atoms with Gasteiger partial charge in [-0.2, -0.15) is 0 Å². The molecule has 10 rings (SSSR count). The Morgan fingerprint density at radius 2 is 1.06 bits per heavy atom. The van der Waals surface area contributed by atoms with Crippen LogP contribution >= 0.6 is 11.6 Å². The standard InChI is InChI=1S/C25H26N4O2.C19H13ClN4O2.C6H13BO2/c1-24(2,3)9-8-16-4-6-21-19(10-16)25(14-30-23(26)29-25)20-11-17(5-7-22(20)31-21)18-12-27-15-28-13-18;20-13-2-4-17-15(6-13)19(9-25-18(21)24-19)14-5-11(1-3-16(14)26-17)12-7-22-10-23-8-12;1-6(2,3)4-5-7(8)9/h4-7,10-13,15H,8-9,14H2,1-3H3,(H2,26,29);1-8,10H,9H2,(H2,21,24);4-5,8-9H,1-3H3/b;;5-4+. The lowest BCUT2D eigenvalue weighted by atomic mass is 9.79. The zero-order valence-corrected chi connectivity index (χ0v) is 38.5. The molecule has 66 heavy (non-hydrogen) atoms. The Hall–Kier alpha value is -6.81. The molecule has 2 aromatic heterocycles. The number of fused-ring (bicyclic) bond motifs is 8. The van der Waals surface area contributed by atoms with E-state index in [4.69, 9.17) is 57.1 Å². The van der Waals surface area contributed by atoms with E-state index in [0.29, 0.717) is 23.1 Å². The van der Waals surface area contributed by atoms with Crippen LogP contribution in [0.4, 0.5) is 0 Å². The van der Waals surface area contributed by atoms with E-state index in [1.54, 1.807) is 36.9 Å². The van der Waals surface area contributed by atoms with Crippen molar-refractivity contribution in [1.82, 2.24) is 19.9 Å². The second-order valence-corrected chi connectivity index (χ2v) is 19.2. The number of benzene rings is 4. The minimum atomic E-state index is -1.32. The number of aryl methyl sites for hydroxylation is 1. The Bertz CT molecular complexity index is 2830.